The summed E-state index contributed by atoms with van der Waals surface area (Å²) >= 11 is 0. The van der Waals surface area contributed by atoms with Crippen molar-refractivity contribution in [3.05, 3.63) is 12.2 Å². The molecular weight excluding hydrogens is 212 g/mol. The van der Waals surface area contributed by atoms with Crippen molar-refractivity contribution in [3.63, 3.8) is 0 Å². The summed E-state index contributed by atoms with van der Waals surface area (Å²) in [5.41, 5.74) is 0. The number of allylic oxidation sites excluding steroid dienone is 1. The smallest absolute Gasteiger partial charge is 0.233 e. The fraction of sp³-hybridized carbons (Fsp3) is 0.786. The highest BCUT2D eigenvalue weighted by atomic mass is 16.1. The molecule has 0 bridgehead atoms. The Kier molecular flexibility index (Phi) is 6.94. The van der Waals surface area contributed by atoms with Crippen molar-refractivity contribution < 1.29 is 4.79 Å². The molecule has 1 unspecified atom stereocenters. The molecule has 0 aromatic heterocycles. The lowest BCUT2D eigenvalue weighted by Gasteiger charge is -2.17. The van der Waals surface area contributed by atoms with Crippen molar-refractivity contribution in [2.75, 3.05) is 13.1 Å². The van der Waals surface area contributed by atoms with Crippen LogP contribution in [0.4, 0.5) is 0 Å². The number of rotatable bonds is 5. The molecule has 17 heavy (non-hydrogen) atoms. The molecule has 98 valence electrons. The monoisotopic (exact) mass is 238 g/mol. The molecular formula is C14H26N2O. The van der Waals surface area contributed by atoms with E-state index in [1.54, 1.807) is 0 Å². The SMILES string of the molecule is CC(C)CNC(=O)CNC1/C=C/CCCCC1. The van der Waals surface area contributed by atoms with Gasteiger partial charge >= 0.3 is 0 Å². The van der Waals surface area contributed by atoms with E-state index in [4.69, 9.17) is 0 Å². The zero-order valence-corrected chi connectivity index (χ0v) is 11.2. The topological polar surface area (TPSA) is 41.1 Å². The second kappa shape index (κ2) is 8.29. The highest BCUT2D eigenvalue weighted by Crippen LogP contribution is 2.11. The van der Waals surface area contributed by atoms with Gasteiger partial charge in [0.1, 0.15) is 0 Å². The quantitative estimate of drug-likeness (QED) is 0.721. The van der Waals surface area contributed by atoms with Gasteiger partial charge in [-0.15, -0.1) is 0 Å². The maximum Gasteiger partial charge on any atom is 0.233 e. The van der Waals surface area contributed by atoms with Gasteiger partial charge in [0.2, 0.25) is 5.91 Å². The van der Waals surface area contributed by atoms with Crippen molar-refractivity contribution in [2.24, 2.45) is 5.92 Å². The van der Waals surface area contributed by atoms with Crippen molar-refractivity contribution in [1.82, 2.24) is 10.6 Å². The van der Waals surface area contributed by atoms with Gasteiger partial charge in [0.05, 0.1) is 6.54 Å². The Balaban J connectivity index is 2.19. The van der Waals surface area contributed by atoms with E-state index < -0.39 is 0 Å². The third kappa shape index (κ3) is 7.16. The first-order valence-corrected chi connectivity index (χ1v) is 6.85. The molecule has 0 aromatic rings. The predicted octanol–water partition coefficient (Wildman–Crippen LogP) is 2.24. The van der Waals surface area contributed by atoms with E-state index in [-0.39, 0.29) is 5.91 Å². The molecule has 2 N–H and O–H groups in total. The minimum atomic E-state index is 0.106. The largest absolute Gasteiger partial charge is 0.355 e. The molecule has 0 fully saturated rings. The number of nitrogens with one attached hydrogen (secondary N) is 2. The van der Waals surface area contributed by atoms with Crippen LogP contribution in [0.5, 0.6) is 0 Å². The van der Waals surface area contributed by atoms with Gasteiger partial charge in [0.15, 0.2) is 0 Å². The second-order valence-corrected chi connectivity index (χ2v) is 5.25. The summed E-state index contributed by atoms with van der Waals surface area (Å²) in [6.07, 6.45) is 10.7. The van der Waals surface area contributed by atoms with E-state index in [1.165, 1.54) is 25.7 Å². The first kappa shape index (κ1) is 14.2. The molecule has 0 heterocycles. The average molecular weight is 238 g/mol. The Labute approximate surface area is 105 Å². The molecule has 0 radical (unpaired) electrons. The molecule has 0 spiro atoms. The fourth-order valence-electron chi connectivity index (χ4n) is 1.93. The van der Waals surface area contributed by atoms with E-state index >= 15 is 0 Å². The number of carbonyl (C=O) groups excluding carboxylic acids is 1. The maximum atomic E-state index is 11.5. The predicted molar refractivity (Wildman–Crippen MR) is 71.9 cm³/mol. The van der Waals surface area contributed by atoms with Crippen LogP contribution >= 0.6 is 0 Å². The summed E-state index contributed by atoms with van der Waals surface area (Å²) < 4.78 is 0. The van der Waals surface area contributed by atoms with E-state index in [0.717, 1.165) is 13.0 Å². The molecule has 1 aliphatic carbocycles. The van der Waals surface area contributed by atoms with Crippen LogP contribution in [0.25, 0.3) is 0 Å². The molecule has 0 aliphatic heterocycles. The van der Waals surface area contributed by atoms with Crippen LogP contribution in [-0.4, -0.2) is 25.0 Å². The van der Waals surface area contributed by atoms with Crippen molar-refractivity contribution in [3.8, 4) is 0 Å². The molecule has 1 aliphatic rings. The molecule has 0 saturated heterocycles. The number of hydrogen-bond donors (Lipinski definition) is 2. The molecule has 0 saturated carbocycles. The summed E-state index contributed by atoms with van der Waals surface area (Å²) in [5.74, 6) is 0.620. The van der Waals surface area contributed by atoms with E-state index in [1.807, 2.05) is 0 Å². The Morgan fingerprint density at radius 3 is 2.94 bits per heavy atom. The van der Waals surface area contributed by atoms with Crippen LogP contribution in [0.1, 0.15) is 46.0 Å². The summed E-state index contributed by atoms with van der Waals surface area (Å²) in [6, 6.07) is 0.375. The maximum absolute atomic E-state index is 11.5. The Morgan fingerprint density at radius 2 is 2.18 bits per heavy atom. The molecule has 1 amide bonds. The molecule has 3 heteroatoms. The lowest BCUT2D eigenvalue weighted by atomic mass is 10.0. The number of carbonyl (C=O) groups is 1. The first-order valence-electron chi connectivity index (χ1n) is 6.85. The van der Waals surface area contributed by atoms with Gasteiger partial charge in [-0.25, -0.2) is 0 Å². The van der Waals surface area contributed by atoms with Crippen LogP contribution < -0.4 is 10.6 Å². The average Bonchev–Trinajstić information content (AvgIpc) is 2.24. The summed E-state index contributed by atoms with van der Waals surface area (Å²) in [5, 5.41) is 6.24. The van der Waals surface area contributed by atoms with Gasteiger partial charge in [-0.2, -0.15) is 0 Å². The zero-order chi connectivity index (χ0) is 12.5. The minimum Gasteiger partial charge on any atom is -0.355 e. The van der Waals surface area contributed by atoms with Crippen molar-refractivity contribution in [2.45, 2.75) is 52.0 Å². The highest BCUT2D eigenvalue weighted by molar-refractivity contribution is 5.78. The molecule has 0 aromatic carbocycles. The van der Waals surface area contributed by atoms with Crippen LogP contribution in [-0.2, 0) is 4.79 Å². The second-order valence-electron chi connectivity index (χ2n) is 5.25. The standard InChI is InChI=1S/C14H26N2O/c1-12(2)10-16-14(17)11-15-13-8-6-4-3-5-7-9-13/h6,8,12-13,15H,3-5,7,9-11H2,1-2H3,(H,16,17)/b8-6+. The third-order valence-corrected chi connectivity index (χ3v) is 2.99. The number of hydrogen-bond acceptors (Lipinski definition) is 2. The molecule has 1 atom stereocenters. The Hall–Kier alpha value is -0.830. The van der Waals surface area contributed by atoms with Gasteiger partial charge < -0.3 is 10.6 Å². The van der Waals surface area contributed by atoms with Crippen molar-refractivity contribution >= 4 is 5.91 Å². The molecule has 3 nitrogen and oxygen atoms in total. The van der Waals surface area contributed by atoms with Gasteiger partial charge in [0.25, 0.3) is 0 Å². The van der Waals surface area contributed by atoms with Crippen LogP contribution in [0.15, 0.2) is 12.2 Å². The van der Waals surface area contributed by atoms with E-state index in [2.05, 4.69) is 36.6 Å². The van der Waals surface area contributed by atoms with Gasteiger partial charge in [0, 0.05) is 12.6 Å². The first-order chi connectivity index (χ1) is 8.18. The lowest BCUT2D eigenvalue weighted by Crippen LogP contribution is -2.39. The lowest BCUT2D eigenvalue weighted by molar-refractivity contribution is -0.120. The normalized spacial score (nSPS) is 22.9. The minimum absolute atomic E-state index is 0.106. The van der Waals surface area contributed by atoms with Gasteiger partial charge in [-0.05, 0) is 25.2 Å². The number of amides is 1. The summed E-state index contributed by atoms with van der Waals surface area (Å²) in [7, 11) is 0. The van der Waals surface area contributed by atoms with Gasteiger partial charge in [-0.1, -0.05) is 38.8 Å². The van der Waals surface area contributed by atoms with Crippen LogP contribution in [0.2, 0.25) is 0 Å². The van der Waals surface area contributed by atoms with Crippen LogP contribution in [0.3, 0.4) is 0 Å². The fourth-order valence-corrected chi connectivity index (χ4v) is 1.93. The summed E-state index contributed by atoms with van der Waals surface area (Å²) in [4.78, 5) is 11.5. The highest BCUT2D eigenvalue weighted by Gasteiger charge is 2.08. The zero-order valence-electron chi connectivity index (χ0n) is 11.2. The van der Waals surface area contributed by atoms with Crippen molar-refractivity contribution in [1.29, 1.82) is 0 Å². The Bertz CT molecular complexity index is 249. The van der Waals surface area contributed by atoms with Crippen LogP contribution in [0, 0.1) is 5.92 Å². The summed E-state index contributed by atoms with van der Waals surface area (Å²) in [6.45, 7) is 5.40. The molecule has 1 rings (SSSR count). The van der Waals surface area contributed by atoms with Gasteiger partial charge in [-0.3, -0.25) is 4.79 Å². The van der Waals surface area contributed by atoms with E-state index in [0.29, 0.717) is 18.5 Å². The van der Waals surface area contributed by atoms with E-state index in [9.17, 15) is 4.79 Å². The Morgan fingerprint density at radius 1 is 1.35 bits per heavy atom. The third-order valence-electron chi connectivity index (χ3n) is 2.99.